The van der Waals surface area contributed by atoms with Crippen molar-refractivity contribution in [3.63, 3.8) is 0 Å². The van der Waals surface area contributed by atoms with Crippen molar-refractivity contribution in [1.82, 2.24) is 0 Å². The number of fused-ring (bicyclic) bond motifs is 1. The molecule has 0 spiro atoms. The molecule has 1 aliphatic heterocycles. The zero-order chi connectivity index (χ0) is 22.2. The molecule has 0 saturated heterocycles. The molecule has 0 saturated carbocycles. The Bertz CT molecular complexity index is 1220. The number of ether oxygens (including phenoxy) is 1. The van der Waals surface area contributed by atoms with Crippen molar-refractivity contribution >= 4 is 17.2 Å². The minimum atomic E-state index is -0.348. The summed E-state index contributed by atoms with van der Waals surface area (Å²) in [4.78, 5) is 13.6. The lowest BCUT2D eigenvalue weighted by molar-refractivity contribution is -0.116. The van der Waals surface area contributed by atoms with Crippen molar-refractivity contribution < 1.29 is 14.6 Å². The predicted octanol–water partition coefficient (Wildman–Crippen LogP) is 5.69. The topological polar surface area (TPSA) is 70.6 Å². The Labute approximate surface area is 187 Å². The zero-order valence-electron chi connectivity index (χ0n) is 18.2. The van der Waals surface area contributed by atoms with Gasteiger partial charge < -0.3 is 20.5 Å². The van der Waals surface area contributed by atoms with Gasteiger partial charge in [0, 0.05) is 17.7 Å². The molecule has 5 rings (SSSR count). The summed E-state index contributed by atoms with van der Waals surface area (Å²) >= 11 is 0. The first kappa shape index (κ1) is 20.2. The van der Waals surface area contributed by atoms with Crippen molar-refractivity contribution in [3.8, 4) is 11.5 Å². The van der Waals surface area contributed by atoms with Crippen molar-refractivity contribution in [2.45, 2.75) is 31.7 Å². The maximum absolute atomic E-state index is 13.6. The molecule has 2 aliphatic rings. The summed E-state index contributed by atoms with van der Waals surface area (Å²) in [5.74, 6) is 0.727. The number of aryl methyl sites for hydroxylation is 1. The Morgan fingerprint density at radius 2 is 1.75 bits per heavy atom. The average Bonchev–Trinajstić information content (AvgIpc) is 2.96. The molecule has 3 N–H and O–H groups in total. The second kappa shape index (κ2) is 8.08. The number of nitrogens with one attached hydrogen (secondary N) is 2. The number of hydrogen-bond donors (Lipinski definition) is 3. The van der Waals surface area contributed by atoms with Gasteiger partial charge in [0.25, 0.3) is 0 Å². The van der Waals surface area contributed by atoms with E-state index in [0.29, 0.717) is 12.2 Å². The fourth-order valence-electron chi connectivity index (χ4n) is 4.75. The largest absolute Gasteiger partial charge is 0.504 e. The van der Waals surface area contributed by atoms with Gasteiger partial charge in [0.1, 0.15) is 0 Å². The molecule has 0 unspecified atom stereocenters. The van der Waals surface area contributed by atoms with Gasteiger partial charge >= 0.3 is 0 Å². The van der Waals surface area contributed by atoms with Gasteiger partial charge in [0.2, 0.25) is 0 Å². The summed E-state index contributed by atoms with van der Waals surface area (Å²) in [7, 11) is 1.53. The van der Waals surface area contributed by atoms with Gasteiger partial charge in [-0.2, -0.15) is 0 Å². The van der Waals surface area contributed by atoms with Crippen LogP contribution in [0.5, 0.6) is 11.5 Å². The molecule has 162 valence electrons. The number of benzene rings is 3. The van der Waals surface area contributed by atoms with Crippen LogP contribution < -0.4 is 15.4 Å². The molecule has 32 heavy (non-hydrogen) atoms. The Morgan fingerprint density at radius 3 is 2.53 bits per heavy atom. The van der Waals surface area contributed by atoms with Gasteiger partial charge in [-0.1, -0.05) is 42.5 Å². The highest BCUT2D eigenvalue weighted by Crippen LogP contribution is 2.45. The summed E-state index contributed by atoms with van der Waals surface area (Å²) in [6.45, 7) is 2.05. The van der Waals surface area contributed by atoms with Crippen LogP contribution in [0.2, 0.25) is 0 Å². The van der Waals surface area contributed by atoms with Gasteiger partial charge in [-0.05, 0) is 60.2 Å². The molecule has 0 amide bonds. The molecule has 1 heterocycles. The predicted molar refractivity (Wildman–Crippen MR) is 126 cm³/mol. The number of carbonyl (C=O) groups excluding carboxylic acids is 1. The van der Waals surface area contributed by atoms with Crippen LogP contribution in [0.4, 0.5) is 11.4 Å². The van der Waals surface area contributed by atoms with Crippen LogP contribution in [0.15, 0.2) is 78.0 Å². The van der Waals surface area contributed by atoms with E-state index in [1.165, 1.54) is 12.7 Å². The summed E-state index contributed by atoms with van der Waals surface area (Å²) in [5.41, 5.74) is 6.78. The number of phenolic OH excluding ortho intramolecular Hbond substituents is 1. The van der Waals surface area contributed by atoms with Crippen LogP contribution in [0.1, 0.15) is 41.5 Å². The minimum Gasteiger partial charge on any atom is -0.504 e. The Hall–Kier alpha value is -3.73. The number of allylic oxidation sites excluding steroid dienone is 1. The quantitative estimate of drug-likeness (QED) is 0.502. The number of anilines is 2. The molecule has 0 radical (unpaired) electrons. The van der Waals surface area contributed by atoms with E-state index in [9.17, 15) is 9.90 Å². The molecule has 0 bridgehead atoms. The first-order valence-corrected chi connectivity index (χ1v) is 10.9. The number of aromatic hydroxyl groups is 1. The molecule has 0 fully saturated rings. The van der Waals surface area contributed by atoms with E-state index in [0.717, 1.165) is 40.2 Å². The fraction of sp³-hybridized carbons (Fsp3) is 0.222. The monoisotopic (exact) mass is 426 g/mol. The van der Waals surface area contributed by atoms with E-state index in [1.807, 2.05) is 24.3 Å². The van der Waals surface area contributed by atoms with Crippen molar-refractivity contribution in [2.75, 3.05) is 17.7 Å². The Balaban J connectivity index is 1.64. The van der Waals surface area contributed by atoms with Gasteiger partial charge in [-0.25, -0.2) is 0 Å². The molecular formula is C27H26N2O3. The lowest BCUT2D eigenvalue weighted by atomic mass is 9.78. The van der Waals surface area contributed by atoms with E-state index in [1.54, 1.807) is 12.1 Å². The van der Waals surface area contributed by atoms with Crippen LogP contribution in [-0.2, 0) is 4.79 Å². The normalized spacial score (nSPS) is 19.9. The SMILES string of the molecule is COc1cc([C@@H]2Nc3cc(C)ccc3NC3=C2C(=O)C[C@@H](c2ccccc2)C3)ccc1O. The standard InChI is InChI=1S/C27H26N2O3/c1-16-8-10-20-21(12-16)29-27(18-9-11-23(30)25(15-18)32-2)26-22(28-20)13-19(14-24(26)31)17-6-4-3-5-7-17/h3-12,15,19,27-30H,13-14H2,1-2H3/t19-,27-/m0/s1. The highest BCUT2D eigenvalue weighted by Gasteiger charge is 2.36. The first-order chi connectivity index (χ1) is 15.5. The van der Waals surface area contributed by atoms with E-state index < -0.39 is 0 Å². The maximum Gasteiger partial charge on any atom is 0.163 e. The highest BCUT2D eigenvalue weighted by atomic mass is 16.5. The second-order valence-electron chi connectivity index (χ2n) is 8.51. The van der Waals surface area contributed by atoms with Crippen molar-refractivity contribution in [2.24, 2.45) is 0 Å². The number of Topliss-reactive ketones (excluding diaryl/α,β-unsaturated/α-hetero) is 1. The van der Waals surface area contributed by atoms with Crippen LogP contribution in [-0.4, -0.2) is 18.0 Å². The lowest BCUT2D eigenvalue weighted by Crippen LogP contribution is -2.26. The van der Waals surface area contributed by atoms with E-state index >= 15 is 0 Å². The molecule has 3 aromatic carbocycles. The molecule has 3 aromatic rings. The third kappa shape index (κ3) is 3.60. The van der Waals surface area contributed by atoms with Gasteiger partial charge in [0.05, 0.1) is 24.5 Å². The fourth-order valence-corrected chi connectivity index (χ4v) is 4.75. The number of rotatable bonds is 3. The molecule has 1 aliphatic carbocycles. The summed E-state index contributed by atoms with van der Waals surface area (Å²) in [6.07, 6.45) is 1.22. The Kier molecular flexibility index (Phi) is 5.10. The highest BCUT2D eigenvalue weighted by molar-refractivity contribution is 6.01. The third-order valence-electron chi connectivity index (χ3n) is 6.37. The Morgan fingerprint density at radius 1 is 0.938 bits per heavy atom. The smallest absolute Gasteiger partial charge is 0.163 e. The molecule has 5 nitrogen and oxygen atoms in total. The maximum atomic E-state index is 13.6. The number of ketones is 1. The minimum absolute atomic E-state index is 0.0764. The van der Waals surface area contributed by atoms with Gasteiger partial charge in [0.15, 0.2) is 17.3 Å². The van der Waals surface area contributed by atoms with Crippen LogP contribution in [0, 0.1) is 6.92 Å². The van der Waals surface area contributed by atoms with E-state index in [2.05, 4.69) is 47.9 Å². The number of phenols is 1. The number of carbonyl (C=O) groups is 1. The summed E-state index contributed by atoms with van der Waals surface area (Å²) in [5, 5.41) is 17.3. The van der Waals surface area contributed by atoms with Gasteiger partial charge in [-0.15, -0.1) is 0 Å². The van der Waals surface area contributed by atoms with Crippen molar-refractivity contribution in [3.05, 3.63) is 94.7 Å². The molecular weight excluding hydrogens is 400 g/mol. The van der Waals surface area contributed by atoms with E-state index in [4.69, 9.17) is 4.74 Å². The van der Waals surface area contributed by atoms with Crippen molar-refractivity contribution in [1.29, 1.82) is 0 Å². The summed E-state index contributed by atoms with van der Waals surface area (Å²) in [6, 6.07) is 21.4. The van der Waals surface area contributed by atoms with E-state index in [-0.39, 0.29) is 23.5 Å². The summed E-state index contributed by atoms with van der Waals surface area (Å²) < 4.78 is 5.34. The first-order valence-electron chi connectivity index (χ1n) is 10.9. The number of hydrogen-bond acceptors (Lipinski definition) is 5. The van der Waals surface area contributed by atoms with Crippen LogP contribution in [0.25, 0.3) is 0 Å². The molecule has 0 aromatic heterocycles. The van der Waals surface area contributed by atoms with Crippen LogP contribution in [0.3, 0.4) is 0 Å². The average molecular weight is 427 g/mol. The second-order valence-corrected chi connectivity index (χ2v) is 8.51. The molecule has 5 heteroatoms. The lowest BCUT2D eigenvalue weighted by Gasteiger charge is -2.30. The van der Waals surface area contributed by atoms with Gasteiger partial charge in [-0.3, -0.25) is 4.79 Å². The molecule has 2 atom stereocenters. The third-order valence-corrected chi connectivity index (χ3v) is 6.37. The number of methoxy groups -OCH3 is 1. The zero-order valence-corrected chi connectivity index (χ0v) is 18.2. The van der Waals surface area contributed by atoms with Crippen LogP contribution >= 0.6 is 0 Å².